The van der Waals surface area contributed by atoms with Crippen molar-refractivity contribution in [2.45, 2.75) is 20.8 Å². The average molecular weight is 463 g/mol. The van der Waals surface area contributed by atoms with Gasteiger partial charge in [0.15, 0.2) is 5.82 Å². The third-order valence-electron chi connectivity index (χ3n) is 5.04. The fourth-order valence-corrected chi connectivity index (χ4v) is 3.27. The highest BCUT2D eigenvalue weighted by Crippen LogP contribution is 2.26. The van der Waals surface area contributed by atoms with Crippen molar-refractivity contribution in [1.82, 2.24) is 14.8 Å². The van der Waals surface area contributed by atoms with E-state index in [0.29, 0.717) is 40.5 Å². The number of ether oxygens (including phenoxy) is 1. The molecule has 0 unspecified atom stereocenters. The first-order chi connectivity index (χ1) is 16.3. The maximum atomic E-state index is 14.5. The molecule has 6 nitrogen and oxygen atoms in total. The molecule has 0 fully saturated rings. The van der Waals surface area contributed by atoms with Gasteiger partial charge in [-0.3, -0.25) is 4.79 Å². The number of nitrogens with one attached hydrogen (secondary N) is 1. The number of anilines is 1. The smallest absolute Gasteiger partial charge is 0.336 e. The topological polar surface area (TPSA) is 69.0 Å². The van der Waals surface area contributed by atoms with E-state index < -0.39 is 5.82 Å². The molecule has 1 N–H and O–H groups in total. The summed E-state index contributed by atoms with van der Waals surface area (Å²) in [6.45, 7) is 6.05. The van der Waals surface area contributed by atoms with Crippen LogP contribution in [0.5, 0.6) is 6.01 Å². The van der Waals surface area contributed by atoms with Gasteiger partial charge >= 0.3 is 6.01 Å². The molecule has 0 spiro atoms. The second kappa shape index (κ2) is 9.82. The Balaban J connectivity index is 1.61. The van der Waals surface area contributed by atoms with Crippen molar-refractivity contribution in [2.24, 2.45) is 5.92 Å². The third kappa shape index (κ3) is 5.11. The number of aryl methyl sites for hydroxylation is 1. The monoisotopic (exact) mass is 462 g/mol. The van der Waals surface area contributed by atoms with Gasteiger partial charge in [0, 0.05) is 11.3 Å². The zero-order chi connectivity index (χ0) is 24.2. The fraction of sp³-hybridized carbons (Fsp3) is 0.192. The zero-order valence-corrected chi connectivity index (χ0v) is 19.0. The maximum Gasteiger partial charge on any atom is 0.336 e. The van der Waals surface area contributed by atoms with E-state index in [0.717, 1.165) is 0 Å². The number of halogens is 2. The largest absolute Gasteiger partial charge is 0.462 e. The van der Waals surface area contributed by atoms with Gasteiger partial charge < -0.3 is 10.1 Å². The van der Waals surface area contributed by atoms with Gasteiger partial charge in [-0.15, -0.1) is 5.10 Å². The first-order valence-electron chi connectivity index (χ1n) is 10.8. The Kier molecular flexibility index (Phi) is 6.67. The quantitative estimate of drug-likeness (QED) is 0.376. The molecule has 0 atom stereocenters. The number of hydrogen-bond acceptors (Lipinski definition) is 4. The highest BCUT2D eigenvalue weighted by Gasteiger charge is 2.18. The van der Waals surface area contributed by atoms with Crippen LogP contribution in [0.4, 0.5) is 14.5 Å². The van der Waals surface area contributed by atoms with Crippen LogP contribution in [0.15, 0.2) is 66.7 Å². The molecule has 0 bridgehead atoms. The van der Waals surface area contributed by atoms with Crippen LogP contribution in [0.1, 0.15) is 29.8 Å². The van der Waals surface area contributed by atoms with E-state index in [4.69, 9.17) is 4.74 Å². The number of aromatic nitrogens is 3. The fourth-order valence-electron chi connectivity index (χ4n) is 3.27. The molecule has 0 aliphatic heterocycles. The van der Waals surface area contributed by atoms with Crippen LogP contribution in [-0.2, 0) is 0 Å². The molecule has 3 aromatic carbocycles. The van der Waals surface area contributed by atoms with Gasteiger partial charge in [0.05, 0.1) is 17.9 Å². The minimum Gasteiger partial charge on any atom is -0.462 e. The van der Waals surface area contributed by atoms with Gasteiger partial charge in [0.1, 0.15) is 11.6 Å². The lowest BCUT2D eigenvalue weighted by atomic mass is 10.1. The number of carbonyl (C=O) groups is 1. The number of carbonyl (C=O) groups excluding carboxylic acids is 1. The summed E-state index contributed by atoms with van der Waals surface area (Å²) < 4.78 is 35.2. The highest BCUT2D eigenvalue weighted by molar-refractivity contribution is 6.04. The van der Waals surface area contributed by atoms with Gasteiger partial charge in [0.25, 0.3) is 5.91 Å². The first kappa shape index (κ1) is 23.1. The van der Waals surface area contributed by atoms with Crippen LogP contribution < -0.4 is 10.1 Å². The molecule has 0 saturated carbocycles. The summed E-state index contributed by atoms with van der Waals surface area (Å²) >= 11 is 0. The van der Waals surface area contributed by atoms with Gasteiger partial charge in [0.2, 0.25) is 0 Å². The molecule has 0 aliphatic rings. The molecule has 4 aromatic rings. The molecule has 174 valence electrons. The minimum absolute atomic E-state index is 0.149. The molecule has 1 heterocycles. The lowest BCUT2D eigenvalue weighted by molar-refractivity contribution is 0.102. The summed E-state index contributed by atoms with van der Waals surface area (Å²) in [5.41, 5.74) is 2.19. The standard InChI is InChI=1S/C26H24F2N4O2/c1-16(2)15-34-26-30-24(21-6-4-5-7-23(21)28)32(31-26)20-11-9-19(10-12-20)29-25(33)18-8-13-22(27)17(3)14-18/h4-14,16H,15H2,1-3H3,(H,29,33). The number of hydrogen-bond donors (Lipinski definition) is 1. The van der Waals surface area contributed by atoms with Crippen LogP contribution in [0.2, 0.25) is 0 Å². The van der Waals surface area contributed by atoms with Crippen molar-refractivity contribution >= 4 is 11.6 Å². The lowest BCUT2D eigenvalue weighted by Gasteiger charge is -2.09. The lowest BCUT2D eigenvalue weighted by Crippen LogP contribution is -2.12. The highest BCUT2D eigenvalue weighted by atomic mass is 19.1. The normalized spacial score (nSPS) is 11.0. The molecule has 1 amide bonds. The predicted molar refractivity (Wildman–Crippen MR) is 126 cm³/mol. The second-order valence-electron chi connectivity index (χ2n) is 8.28. The van der Waals surface area contributed by atoms with Crippen molar-refractivity contribution in [1.29, 1.82) is 0 Å². The predicted octanol–water partition coefficient (Wildman–Crippen LogP) is 5.81. The summed E-state index contributed by atoms with van der Waals surface area (Å²) in [6.07, 6.45) is 0. The second-order valence-corrected chi connectivity index (χ2v) is 8.28. The van der Waals surface area contributed by atoms with E-state index in [1.165, 1.54) is 28.9 Å². The minimum atomic E-state index is -0.426. The van der Waals surface area contributed by atoms with Crippen molar-refractivity contribution in [3.63, 3.8) is 0 Å². The molecular formula is C26H24F2N4O2. The van der Waals surface area contributed by atoms with E-state index in [2.05, 4.69) is 15.4 Å². The van der Waals surface area contributed by atoms with Crippen molar-refractivity contribution < 1.29 is 18.3 Å². The van der Waals surface area contributed by atoms with E-state index in [-0.39, 0.29) is 23.7 Å². The zero-order valence-electron chi connectivity index (χ0n) is 19.0. The maximum absolute atomic E-state index is 14.5. The van der Waals surface area contributed by atoms with Gasteiger partial charge in [-0.05, 0) is 73.0 Å². The molecule has 34 heavy (non-hydrogen) atoms. The molecular weight excluding hydrogens is 438 g/mol. The Bertz CT molecular complexity index is 1320. The van der Waals surface area contributed by atoms with Crippen LogP contribution in [0.25, 0.3) is 17.1 Å². The Morgan fingerprint density at radius 1 is 1.03 bits per heavy atom. The third-order valence-corrected chi connectivity index (χ3v) is 5.04. The first-order valence-corrected chi connectivity index (χ1v) is 10.8. The van der Waals surface area contributed by atoms with Crippen LogP contribution in [0, 0.1) is 24.5 Å². The number of amides is 1. The molecule has 0 radical (unpaired) electrons. The Labute approximate surface area is 196 Å². The van der Waals surface area contributed by atoms with Crippen molar-refractivity contribution in [2.75, 3.05) is 11.9 Å². The molecule has 1 aromatic heterocycles. The summed E-state index contributed by atoms with van der Waals surface area (Å²) in [5.74, 6) is -0.568. The average Bonchev–Trinajstić information content (AvgIpc) is 3.24. The SMILES string of the molecule is Cc1cc(C(=O)Nc2ccc(-n3nc(OCC(C)C)nc3-c3ccccc3F)cc2)ccc1F. The Hall–Kier alpha value is -4.07. The van der Waals surface area contributed by atoms with Crippen LogP contribution in [-0.4, -0.2) is 27.3 Å². The van der Waals surface area contributed by atoms with Gasteiger partial charge in [-0.25, -0.2) is 13.5 Å². The van der Waals surface area contributed by atoms with Gasteiger partial charge in [-0.1, -0.05) is 26.0 Å². The van der Waals surface area contributed by atoms with E-state index in [1.54, 1.807) is 49.4 Å². The number of rotatable bonds is 7. The summed E-state index contributed by atoms with van der Waals surface area (Å²) in [7, 11) is 0. The molecule has 8 heteroatoms. The summed E-state index contributed by atoms with van der Waals surface area (Å²) in [4.78, 5) is 16.9. The van der Waals surface area contributed by atoms with E-state index in [9.17, 15) is 13.6 Å². The van der Waals surface area contributed by atoms with Crippen LogP contribution >= 0.6 is 0 Å². The van der Waals surface area contributed by atoms with Crippen LogP contribution in [0.3, 0.4) is 0 Å². The van der Waals surface area contributed by atoms with Gasteiger partial charge in [-0.2, -0.15) is 4.98 Å². The molecule has 4 rings (SSSR count). The van der Waals surface area contributed by atoms with Crippen molar-refractivity contribution in [3.05, 3.63) is 89.5 Å². The number of nitrogens with zero attached hydrogens (tertiary/aromatic N) is 3. The van der Waals surface area contributed by atoms with E-state index in [1.807, 2.05) is 13.8 Å². The number of benzene rings is 3. The summed E-state index contributed by atoms with van der Waals surface area (Å²) in [5, 5.41) is 7.21. The van der Waals surface area contributed by atoms with E-state index >= 15 is 0 Å². The molecule has 0 saturated heterocycles. The van der Waals surface area contributed by atoms with Crippen molar-refractivity contribution in [3.8, 4) is 23.1 Å². The Morgan fingerprint density at radius 2 is 1.76 bits per heavy atom. The molecule has 0 aliphatic carbocycles. The Morgan fingerprint density at radius 3 is 2.44 bits per heavy atom. The summed E-state index contributed by atoms with van der Waals surface area (Å²) in [6, 6.07) is 17.5.